The molecule has 1 spiro atoms. The first kappa shape index (κ1) is 6.05. The first-order chi connectivity index (χ1) is 4.41. The molecule has 52 valence electrons. The van der Waals surface area contributed by atoms with Crippen molar-refractivity contribution in [2.75, 3.05) is 24.7 Å². The Morgan fingerprint density at radius 3 is 3.00 bits per heavy atom. The minimum absolute atomic E-state index is 0.654. The SMILES string of the molecule is C1CSCC2(CC2)CO1. The molecule has 0 atom stereocenters. The smallest absolute Gasteiger partial charge is 0.0556 e. The van der Waals surface area contributed by atoms with Crippen LogP contribution in [-0.2, 0) is 4.74 Å². The van der Waals surface area contributed by atoms with Crippen LogP contribution in [0, 0.1) is 5.41 Å². The van der Waals surface area contributed by atoms with E-state index in [4.69, 9.17) is 4.74 Å². The zero-order chi connectivity index (χ0) is 6.16. The molecule has 0 amide bonds. The first-order valence-electron chi connectivity index (χ1n) is 3.57. The van der Waals surface area contributed by atoms with Crippen molar-refractivity contribution >= 4 is 11.8 Å². The third kappa shape index (κ3) is 1.24. The van der Waals surface area contributed by atoms with Crippen LogP contribution in [0.2, 0.25) is 0 Å². The fourth-order valence-electron chi connectivity index (χ4n) is 1.20. The van der Waals surface area contributed by atoms with Crippen molar-refractivity contribution in [3.05, 3.63) is 0 Å². The molecule has 0 unspecified atom stereocenters. The maximum Gasteiger partial charge on any atom is 0.0556 e. The Labute approximate surface area is 60.2 Å². The van der Waals surface area contributed by atoms with E-state index in [-0.39, 0.29) is 0 Å². The number of rotatable bonds is 0. The van der Waals surface area contributed by atoms with Crippen LogP contribution >= 0.6 is 11.8 Å². The minimum Gasteiger partial charge on any atom is -0.380 e. The molecule has 9 heavy (non-hydrogen) atoms. The molecule has 0 aromatic heterocycles. The Balaban J connectivity index is 1.92. The second-order valence-corrected chi connectivity index (χ2v) is 4.21. The zero-order valence-corrected chi connectivity index (χ0v) is 6.38. The summed E-state index contributed by atoms with van der Waals surface area (Å²) >= 11 is 2.06. The van der Waals surface area contributed by atoms with Gasteiger partial charge in [0.15, 0.2) is 0 Å². The molecule has 1 heterocycles. The fraction of sp³-hybridized carbons (Fsp3) is 1.00. The third-order valence-corrected chi connectivity index (χ3v) is 3.42. The van der Waals surface area contributed by atoms with Gasteiger partial charge in [0, 0.05) is 16.9 Å². The first-order valence-corrected chi connectivity index (χ1v) is 4.72. The van der Waals surface area contributed by atoms with Gasteiger partial charge in [-0.15, -0.1) is 0 Å². The van der Waals surface area contributed by atoms with Crippen LogP contribution in [0.1, 0.15) is 12.8 Å². The molecule has 1 saturated carbocycles. The highest BCUT2D eigenvalue weighted by Crippen LogP contribution is 2.49. The van der Waals surface area contributed by atoms with Crippen molar-refractivity contribution in [3.63, 3.8) is 0 Å². The van der Waals surface area contributed by atoms with Crippen LogP contribution in [-0.4, -0.2) is 24.7 Å². The van der Waals surface area contributed by atoms with Crippen LogP contribution < -0.4 is 0 Å². The van der Waals surface area contributed by atoms with E-state index < -0.39 is 0 Å². The molecule has 0 aromatic rings. The van der Waals surface area contributed by atoms with E-state index in [1.165, 1.54) is 24.3 Å². The average molecular weight is 144 g/mol. The normalized spacial score (nSPS) is 32.0. The van der Waals surface area contributed by atoms with Crippen molar-refractivity contribution in [1.29, 1.82) is 0 Å². The van der Waals surface area contributed by atoms with Gasteiger partial charge < -0.3 is 4.74 Å². The molecular weight excluding hydrogens is 132 g/mol. The molecular formula is C7H12OS. The molecule has 1 saturated heterocycles. The average Bonchev–Trinajstić information content (AvgIpc) is 2.64. The van der Waals surface area contributed by atoms with E-state index in [0.717, 1.165) is 13.2 Å². The van der Waals surface area contributed by atoms with Crippen LogP contribution in [0.5, 0.6) is 0 Å². The molecule has 2 aliphatic rings. The lowest BCUT2D eigenvalue weighted by Gasteiger charge is -2.07. The van der Waals surface area contributed by atoms with Gasteiger partial charge in [0.1, 0.15) is 0 Å². The fourth-order valence-corrected chi connectivity index (χ4v) is 2.39. The van der Waals surface area contributed by atoms with Crippen LogP contribution in [0.15, 0.2) is 0 Å². The zero-order valence-electron chi connectivity index (χ0n) is 5.56. The molecule has 0 bridgehead atoms. The number of ether oxygens (including phenoxy) is 1. The molecule has 1 nitrogen and oxygen atoms in total. The monoisotopic (exact) mass is 144 g/mol. The van der Waals surface area contributed by atoms with Crippen molar-refractivity contribution in [3.8, 4) is 0 Å². The van der Waals surface area contributed by atoms with Crippen molar-refractivity contribution in [2.24, 2.45) is 5.41 Å². The Morgan fingerprint density at radius 1 is 1.33 bits per heavy atom. The molecule has 1 aliphatic heterocycles. The number of hydrogen-bond acceptors (Lipinski definition) is 2. The van der Waals surface area contributed by atoms with E-state index in [1.807, 2.05) is 0 Å². The lowest BCUT2D eigenvalue weighted by atomic mass is 10.2. The van der Waals surface area contributed by atoms with Crippen LogP contribution in [0.4, 0.5) is 0 Å². The summed E-state index contributed by atoms with van der Waals surface area (Å²) in [7, 11) is 0. The van der Waals surface area contributed by atoms with Gasteiger partial charge in [-0.3, -0.25) is 0 Å². The predicted molar refractivity (Wildman–Crippen MR) is 39.8 cm³/mol. The van der Waals surface area contributed by atoms with E-state index in [0.29, 0.717) is 5.41 Å². The third-order valence-electron chi connectivity index (χ3n) is 2.15. The molecule has 2 fully saturated rings. The summed E-state index contributed by atoms with van der Waals surface area (Å²) in [6, 6.07) is 0. The highest BCUT2D eigenvalue weighted by molar-refractivity contribution is 7.99. The summed E-state index contributed by atoms with van der Waals surface area (Å²) in [6.45, 7) is 2.02. The van der Waals surface area contributed by atoms with Gasteiger partial charge in [0.2, 0.25) is 0 Å². The molecule has 0 radical (unpaired) electrons. The second kappa shape index (κ2) is 2.17. The quantitative estimate of drug-likeness (QED) is 0.510. The van der Waals surface area contributed by atoms with Gasteiger partial charge in [-0.05, 0) is 12.8 Å². The van der Waals surface area contributed by atoms with Gasteiger partial charge in [0.05, 0.1) is 13.2 Å². The van der Waals surface area contributed by atoms with E-state index >= 15 is 0 Å². The minimum atomic E-state index is 0.654. The van der Waals surface area contributed by atoms with Gasteiger partial charge in [-0.2, -0.15) is 11.8 Å². The summed E-state index contributed by atoms with van der Waals surface area (Å²) in [4.78, 5) is 0. The van der Waals surface area contributed by atoms with Crippen LogP contribution in [0.25, 0.3) is 0 Å². The summed E-state index contributed by atoms with van der Waals surface area (Å²) in [5.41, 5.74) is 0.654. The highest BCUT2D eigenvalue weighted by atomic mass is 32.2. The lowest BCUT2D eigenvalue weighted by molar-refractivity contribution is 0.116. The number of hydrogen-bond donors (Lipinski definition) is 0. The molecule has 1 aliphatic carbocycles. The highest BCUT2D eigenvalue weighted by Gasteiger charge is 2.43. The second-order valence-electron chi connectivity index (χ2n) is 3.11. The topological polar surface area (TPSA) is 9.23 Å². The van der Waals surface area contributed by atoms with E-state index in [1.54, 1.807) is 0 Å². The van der Waals surface area contributed by atoms with Gasteiger partial charge in [-0.1, -0.05) is 0 Å². The van der Waals surface area contributed by atoms with Crippen molar-refractivity contribution in [2.45, 2.75) is 12.8 Å². The molecule has 2 heteroatoms. The Kier molecular flexibility index (Phi) is 1.46. The summed E-state index contributed by atoms with van der Waals surface area (Å²) in [5, 5.41) is 0. The summed E-state index contributed by atoms with van der Waals surface area (Å²) in [6.07, 6.45) is 2.83. The lowest BCUT2D eigenvalue weighted by Crippen LogP contribution is -2.09. The molecule has 2 rings (SSSR count). The summed E-state index contributed by atoms with van der Waals surface area (Å²) < 4.78 is 5.45. The van der Waals surface area contributed by atoms with Gasteiger partial charge in [-0.25, -0.2) is 0 Å². The summed E-state index contributed by atoms with van der Waals surface area (Å²) in [5.74, 6) is 2.56. The molecule has 0 N–H and O–H groups in total. The predicted octanol–water partition coefficient (Wildman–Crippen LogP) is 1.53. The van der Waals surface area contributed by atoms with Crippen molar-refractivity contribution in [1.82, 2.24) is 0 Å². The van der Waals surface area contributed by atoms with Crippen molar-refractivity contribution < 1.29 is 4.74 Å². The Bertz CT molecular complexity index is 99.5. The van der Waals surface area contributed by atoms with Gasteiger partial charge in [0.25, 0.3) is 0 Å². The standard InChI is InChI=1S/C7H12OS/c1-2-7(1)5-8-3-4-9-6-7/h1-6H2. The van der Waals surface area contributed by atoms with E-state index in [2.05, 4.69) is 11.8 Å². The largest absolute Gasteiger partial charge is 0.380 e. The van der Waals surface area contributed by atoms with Crippen LogP contribution in [0.3, 0.4) is 0 Å². The van der Waals surface area contributed by atoms with Gasteiger partial charge >= 0.3 is 0 Å². The Hall–Kier alpha value is 0.310. The molecule has 0 aromatic carbocycles. The maximum absolute atomic E-state index is 5.45. The Morgan fingerprint density at radius 2 is 2.22 bits per heavy atom. The van der Waals surface area contributed by atoms with E-state index in [9.17, 15) is 0 Å². The number of thioether (sulfide) groups is 1. The maximum atomic E-state index is 5.45.